The molecular formula is C15H16ClF3N2. The number of benzene rings is 1. The summed E-state index contributed by atoms with van der Waals surface area (Å²) in [6.45, 7) is 0.603. The van der Waals surface area contributed by atoms with Gasteiger partial charge in [0.05, 0.1) is 6.42 Å². The molecule has 0 atom stereocenters. The van der Waals surface area contributed by atoms with E-state index in [1.165, 1.54) is 12.8 Å². The molecule has 0 aliphatic heterocycles. The Labute approximate surface area is 125 Å². The highest BCUT2D eigenvalue weighted by Gasteiger charge is 2.27. The molecule has 21 heavy (non-hydrogen) atoms. The van der Waals surface area contributed by atoms with Crippen LogP contribution < -0.4 is 5.32 Å². The summed E-state index contributed by atoms with van der Waals surface area (Å²) in [5.74, 6) is 0. The number of nitrogens with one attached hydrogen (secondary N) is 1. The van der Waals surface area contributed by atoms with Gasteiger partial charge in [0, 0.05) is 41.3 Å². The van der Waals surface area contributed by atoms with Crippen LogP contribution in [0.15, 0.2) is 24.4 Å². The minimum absolute atomic E-state index is 0.0796. The van der Waals surface area contributed by atoms with Gasteiger partial charge < -0.3 is 9.88 Å². The molecule has 1 aliphatic rings. The second-order valence-electron chi connectivity index (χ2n) is 5.53. The first-order valence-corrected chi connectivity index (χ1v) is 7.37. The second-order valence-corrected chi connectivity index (χ2v) is 5.97. The Hall–Kier alpha value is -1.20. The lowest BCUT2D eigenvalue weighted by Crippen LogP contribution is -2.15. The van der Waals surface area contributed by atoms with Crippen LogP contribution in [0.5, 0.6) is 0 Å². The Morgan fingerprint density at radius 1 is 1.29 bits per heavy atom. The summed E-state index contributed by atoms with van der Waals surface area (Å²) in [5.41, 5.74) is 1.79. The Morgan fingerprint density at radius 2 is 2.05 bits per heavy atom. The van der Waals surface area contributed by atoms with Crippen molar-refractivity contribution in [3.05, 3.63) is 35.0 Å². The summed E-state index contributed by atoms with van der Waals surface area (Å²) in [7, 11) is 0. The SMILES string of the molecule is FC(F)(F)CCn1cc(CNC2CC2)c2ccc(Cl)cc21. The van der Waals surface area contributed by atoms with E-state index in [4.69, 9.17) is 11.6 Å². The van der Waals surface area contributed by atoms with E-state index >= 15 is 0 Å². The predicted molar refractivity (Wildman–Crippen MR) is 77.5 cm³/mol. The third-order valence-electron chi connectivity index (χ3n) is 3.72. The molecule has 1 fully saturated rings. The highest BCUT2D eigenvalue weighted by atomic mass is 35.5. The summed E-state index contributed by atoms with van der Waals surface area (Å²) < 4.78 is 39.0. The van der Waals surface area contributed by atoms with Crippen LogP contribution in [0.25, 0.3) is 10.9 Å². The van der Waals surface area contributed by atoms with Gasteiger partial charge in [-0.3, -0.25) is 0 Å². The second kappa shape index (κ2) is 5.54. The fourth-order valence-corrected chi connectivity index (χ4v) is 2.62. The Bertz CT molecular complexity index is 644. The monoisotopic (exact) mass is 316 g/mol. The largest absolute Gasteiger partial charge is 0.390 e. The van der Waals surface area contributed by atoms with Crippen molar-refractivity contribution in [1.82, 2.24) is 9.88 Å². The van der Waals surface area contributed by atoms with Gasteiger partial charge in [0.25, 0.3) is 0 Å². The first-order chi connectivity index (χ1) is 9.92. The molecule has 3 rings (SSSR count). The number of fused-ring (bicyclic) bond motifs is 1. The molecule has 0 amide bonds. The fraction of sp³-hybridized carbons (Fsp3) is 0.467. The quantitative estimate of drug-likeness (QED) is 0.859. The van der Waals surface area contributed by atoms with Crippen LogP contribution >= 0.6 is 11.6 Å². The van der Waals surface area contributed by atoms with Crippen LogP contribution in [0.1, 0.15) is 24.8 Å². The maximum atomic E-state index is 12.4. The van der Waals surface area contributed by atoms with Crippen molar-refractivity contribution < 1.29 is 13.2 Å². The van der Waals surface area contributed by atoms with E-state index < -0.39 is 12.6 Å². The van der Waals surface area contributed by atoms with E-state index in [0.29, 0.717) is 17.6 Å². The van der Waals surface area contributed by atoms with Crippen molar-refractivity contribution >= 4 is 22.5 Å². The minimum atomic E-state index is -4.15. The third-order valence-corrected chi connectivity index (χ3v) is 3.96. The molecule has 0 unspecified atom stereocenters. The van der Waals surface area contributed by atoms with Gasteiger partial charge in [0.2, 0.25) is 0 Å². The van der Waals surface area contributed by atoms with Crippen molar-refractivity contribution in [2.24, 2.45) is 0 Å². The molecular weight excluding hydrogens is 301 g/mol. The molecule has 0 radical (unpaired) electrons. The molecule has 1 aromatic heterocycles. The van der Waals surface area contributed by atoms with E-state index in [1.54, 1.807) is 16.7 Å². The molecule has 114 valence electrons. The molecule has 6 heteroatoms. The smallest absolute Gasteiger partial charge is 0.347 e. The van der Waals surface area contributed by atoms with Crippen LogP contribution in [0.2, 0.25) is 5.02 Å². The van der Waals surface area contributed by atoms with Crippen LogP contribution in [0.4, 0.5) is 13.2 Å². The molecule has 0 spiro atoms. The number of halogens is 4. The van der Waals surface area contributed by atoms with Crippen molar-refractivity contribution in [2.75, 3.05) is 0 Å². The van der Waals surface area contributed by atoms with Crippen LogP contribution in [0.3, 0.4) is 0 Å². The van der Waals surface area contributed by atoms with Crippen molar-refractivity contribution in [3.8, 4) is 0 Å². The number of aryl methyl sites for hydroxylation is 1. The maximum absolute atomic E-state index is 12.4. The molecule has 1 aliphatic carbocycles. The number of hydrogen-bond acceptors (Lipinski definition) is 1. The first kappa shape index (κ1) is 14.7. The highest BCUT2D eigenvalue weighted by Crippen LogP contribution is 2.28. The lowest BCUT2D eigenvalue weighted by atomic mass is 10.2. The van der Waals surface area contributed by atoms with Crippen LogP contribution in [-0.2, 0) is 13.1 Å². The van der Waals surface area contributed by atoms with Gasteiger partial charge in [-0.15, -0.1) is 0 Å². The van der Waals surface area contributed by atoms with Crippen molar-refractivity contribution in [3.63, 3.8) is 0 Å². The summed E-state index contributed by atoms with van der Waals surface area (Å²) in [6.07, 6.45) is -0.820. The van der Waals surface area contributed by atoms with E-state index in [9.17, 15) is 13.2 Å². The normalized spacial score (nSPS) is 15.8. The highest BCUT2D eigenvalue weighted by molar-refractivity contribution is 6.31. The van der Waals surface area contributed by atoms with Gasteiger partial charge in [0.1, 0.15) is 0 Å². The van der Waals surface area contributed by atoms with Gasteiger partial charge in [-0.25, -0.2) is 0 Å². The van der Waals surface area contributed by atoms with Crippen LogP contribution in [-0.4, -0.2) is 16.8 Å². The Morgan fingerprint density at radius 3 is 2.71 bits per heavy atom. The lowest BCUT2D eigenvalue weighted by Gasteiger charge is -2.08. The van der Waals surface area contributed by atoms with Crippen molar-refractivity contribution in [1.29, 1.82) is 0 Å². The number of hydrogen-bond donors (Lipinski definition) is 1. The molecule has 1 heterocycles. The zero-order chi connectivity index (χ0) is 15.0. The summed E-state index contributed by atoms with van der Waals surface area (Å²) in [6, 6.07) is 5.95. The first-order valence-electron chi connectivity index (χ1n) is 7.00. The van der Waals surface area contributed by atoms with E-state index in [-0.39, 0.29) is 6.54 Å². The topological polar surface area (TPSA) is 17.0 Å². The van der Waals surface area contributed by atoms with E-state index in [0.717, 1.165) is 16.5 Å². The van der Waals surface area contributed by atoms with E-state index in [2.05, 4.69) is 5.32 Å². The molecule has 1 aromatic carbocycles. The zero-order valence-electron chi connectivity index (χ0n) is 11.4. The maximum Gasteiger partial charge on any atom is 0.390 e. The Kier molecular flexibility index (Phi) is 3.88. The van der Waals surface area contributed by atoms with Gasteiger partial charge in [-0.1, -0.05) is 17.7 Å². The van der Waals surface area contributed by atoms with Gasteiger partial charge in [-0.05, 0) is 30.5 Å². The van der Waals surface area contributed by atoms with Crippen LogP contribution in [0, 0.1) is 0 Å². The molecule has 0 bridgehead atoms. The summed E-state index contributed by atoms with van der Waals surface area (Å²) in [5, 5.41) is 4.90. The number of aromatic nitrogens is 1. The average molecular weight is 317 g/mol. The summed E-state index contributed by atoms with van der Waals surface area (Å²) in [4.78, 5) is 0. The minimum Gasteiger partial charge on any atom is -0.347 e. The summed E-state index contributed by atoms with van der Waals surface area (Å²) >= 11 is 5.98. The van der Waals surface area contributed by atoms with Crippen molar-refractivity contribution in [2.45, 2.75) is 44.6 Å². The van der Waals surface area contributed by atoms with Gasteiger partial charge in [0.15, 0.2) is 0 Å². The molecule has 2 nitrogen and oxygen atoms in total. The average Bonchev–Trinajstić information content (AvgIpc) is 3.16. The number of alkyl halides is 3. The van der Waals surface area contributed by atoms with E-state index in [1.807, 2.05) is 12.3 Å². The molecule has 0 saturated heterocycles. The molecule has 2 aromatic rings. The zero-order valence-corrected chi connectivity index (χ0v) is 12.1. The van der Waals surface area contributed by atoms with Gasteiger partial charge in [-0.2, -0.15) is 13.2 Å². The molecule has 1 saturated carbocycles. The third kappa shape index (κ3) is 3.71. The number of nitrogens with zero attached hydrogens (tertiary/aromatic N) is 1. The number of rotatable bonds is 5. The fourth-order valence-electron chi connectivity index (χ4n) is 2.46. The standard InChI is InChI=1S/C15H16ClF3N2/c16-11-1-4-13-10(8-20-12-2-3-12)9-21(14(13)7-11)6-5-15(17,18)19/h1,4,7,9,12,20H,2-3,5-6,8H2. The molecule has 1 N–H and O–H groups in total. The lowest BCUT2D eigenvalue weighted by molar-refractivity contribution is -0.136. The van der Waals surface area contributed by atoms with Gasteiger partial charge >= 0.3 is 6.18 Å². The predicted octanol–water partition coefficient (Wildman–Crippen LogP) is 4.50. The Balaban J connectivity index is 1.87.